The van der Waals surface area contributed by atoms with Crippen LogP contribution < -0.4 is 14.8 Å². The first-order chi connectivity index (χ1) is 12.5. The molecule has 6 nitrogen and oxygen atoms in total. The molecule has 26 heavy (non-hydrogen) atoms. The number of aryl methyl sites for hydroxylation is 2. The van der Waals surface area contributed by atoms with Crippen LogP contribution in [-0.2, 0) is 0 Å². The number of nitrogens with zero attached hydrogens (tertiary/aromatic N) is 1. The van der Waals surface area contributed by atoms with Crippen LogP contribution in [0.3, 0.4) is 0 Å². The number of rotatable bonds is 5. The summed E-state index contributed by atoms with van der Waals surface area (Å²) >= 11 is 0. The van der Waals surface area contributed by atoms with Crippen LogP contribution in [0, 0.1) is 13.8 Å². The van der Waals surface area contributed by atoms with Gasteiger partial charge in [0.05, 0.1) is 14.2 Å². The summed E-state index contributed by atoms with van der Waals surface area (Å²) in [6.45, 7) is 3.88. The van der Waals surface area contributed by atoms with E-state index in [1.165, 1.54) is 0 Å². The number of anilines is 1. The molecule has 0 atom stereocenters. The normalized spacial score (nSPS) is 10.5. The van der Waals surface area contributed by atoms with Gasteiger partial charge in [-0.3, -0.25) is 9.89 Å². The Morgan fingerprint density at radius 1 is 1.00 bits per heavy atom. The van der Waals surface area contributed by atoms with E-state index in [0.717, 1.165) is 22.4 Å². The Morgan fingerprint density at radius 2 is 1.69 bits per heavy atom. The van der Waals surface area contributed by atoms with Crippen LogP contribution in [-0.4, -0.2) is 30.3 Å². The molecule has 0 aliphatic rings. The van der Waals surface area contributed by atoms with E-state index in [1.54, 1.807) is 26.4 Å². The van der Waals surface area contributed by atoms with Gasteiger partial charge in [0.15, 0.2) is 17.3 Å². The number of H-pyrrole nitrogens is 1. The zero-order chi connectivity index (χ0) is 18.7. The Kier molecular flexibility index (Phi) is 4.93. The summed E-state index contributed by atoms with van der Waals surface area (Å²) in [5.74, 6) is 1.52. The Bertz CT molecular complexity index is 930. The second kappa shape index (κ2) is 7.31. The molecule has 0 unspecified atom stereocenters. The fraction of sp³-hybridized carbons (Fsp3) is 0.200. The van der Waals surface area contributed by atoms with Crippen molar-refractivity contribution in [3.05, 3.63) is 59.3 Å². The SMILES string of the molecule is COc1ccc(-c2c(NC(=O)c3ccc(C)cc3)n[nH]c2C)cc1OC. The highest BCUT2D eigenvalue weighted by molar-refractivity contribution is 6.05. The van der Waals surface area contributed by atoms with Crippen LogP contribution in [0.2, 0.25) is 0 Å². The van der Waals surface area contributed by atoms with Gasteiger partial charge >= 0.3 is 0 Å². The number of amides is 1. The van der Waals surface area contributed by atoms with E-state index in [2.05, 4.69) is 15.5 Å². The molecule has 0 saturated carbocycles. The zero-order valence-electron chi connectivity index (χ0n) is 15.2. The molecule has 1 heterocycles. The van der Waals surface area contributed by atoms with Crippen LogP contribution in [0.25, 0.3) is 11.1 Å². The quantitative estimate of drug-likeness (QED) is 0.729. The fourth-order valence-corrected chi connectivity index (χ4v) is 2.75. The van der Waals surface area contributed by atoms with Gasteiger partial charge in [-0.25, -0.2) is 0 Å². The lowest BCUT2D eigenvalue weighted by atomic mass is 10.0. The highest BCUT2D eigenvalue weighted by Crippen LogP contribution is 2.36. The van der Waals surface area contributed by atoms with E-state index < -0.39 is 0 Å². The van der Waals surface area contributed by atoms with E-state index in [1.807, 2.05) is 44.2 Å². The molecule has 1 amide bonds. The third-order valence-electron chi connectivity index (χ3n) is 4.17. The average Bonchev–Trinajstić information content (AvgIpc) is 3.01. The lowest BCUT2D eigenvalue weighted by Gasteiger charge is -2.11. The summed E-state index contributed by atoms with van der Waals surface area (Å²) in [5.41, 5.74) is 4.20. The minimum atomic E-state index is -0.210. The molecule has 0 aliphatic carbocycles. The van der Waals surface area contributed by atoms with Gasteiger partial charge in [0.25, 0.3) is 5.91 Å². The van der Waals surface area contributed by atoms with Crippen molar-refractivity contribution in [1.29, 1.82) is 0 Å². The molecule has 0 bridgehead atoms. The first-order valence-corrected chi connectivity index (χ1v) is 8.19. The standard InChI is InChI=1S/C20H21N3O3/c1-12-5-7-14(8-6-12)20(24)21-19-18(13(2)22-23-19)15-9-10-16(25-3)17(11-15)26-4/h5-11H,1-4H3,(H2,21,22,23,24). The van der Waals surface area contributed by atoms with Gasteiger partial charge in [-0.2, -0.15) is 5.10 Å². The largest absolute Gasteiger partial charge is 0.493 e. The molecule has 134 valence electrons. The number of hydrogen-bond donors (Lipinski definition) is 2. The minimum Gasteiger partial charge on any atom is -0.493 e. The lowest BCUT2D eigenvalue weighted by Crippen LogP contribution is -2.12. The van der Waals surface area contributed by atoms with Crippen molar-refractivity contribution in [1.82, 2.24) is 10.2 Å². The number of carbonyl (C=O) groups is 1. The zero-order valence-corrected chi connectivity index (χ0v) is 15.2. The molecular weight excluding hydrogens is 330 g/mol. The Hall–Kier alpha value is -3.28. The number of hydrogen-bond acceptors (Lipinski definition) is 4. The smallest absolute Gasteiger partial charge is 0.256 e. The van der Waals surface area contributed by atoms with E-state index in [9.17, 15) is 4.79 Å². The third kappa shape index (κ3) is 3.39. The van der Waals surface area contributed by atoms with Crippen molar-refractivity contribution in [2.24, 2.45) is 0 Å². The van der Waals surface area contributed by atoms with Gasteiger partial charge in [-0.1, -0.05) is 23.8 Å². The third-order valence-corrected chi connectivity index (χ3v) is 4.17. The lowest BCUT2D eigenvalue weighted by molar-refractivity contribution is 0.102. The minimum absolute atomic E-state index is 0.210. The highest BCUT2D eigenvalue weighted by atomic mass is 16.5. The summed E-state index contributed by atoms with van der Waals surface area (Å²) in [7, 11) is 3.18. The van der Waals surface area contributed by atoms with Crippen LogP contribution in [0.5, 0.6) is 11.5 Å². The average molecular weight is 351 g/mol. The first kappa shape index (κ1) is 17.5. The Balaban J connectivity index is 1.94. The highest BCUT2D eigenvalue weighted by Gasteiger charge is 2.17. The number of aromatic nitrogens is 2. The van der Waals surface area contributed by atoms with Crippen molar-refractivity contribution >= 4 is 11.7 Å². The van der Waals surface area contributed by atoms with Gasteiger partial charge in [0.2, 0.25) is 0 Å². The summed E-state index contributed by atoms with van der Waals surface area (Å²) < 4.78 is 10.7. The number of carbonyl (C=O) groups excluding carboxylic acids is 1. The number of aromatic amines is 1. The Morgan fingerprint density at radius 3 is 2.35 bits per heavy atom. The van der Waals surface area contributed by atoms with E-state index in [0.29, 0.717) is 22.9 Å². The van der Waals surface area contributed by atoms with Crippen molar-refractivity contribution in [2.45, 2.75) is 13.8 Å². The van der Waals surface area contributed by atoms with Crippen molar-refractivity contribution in [3.8, 4) is 22.6 Å². The predicted molar refractivity (Wildman–Crippen MR) is 101 cm³/mol. The molecule has 2 aromatic carbocycles. The maximum atomic E-state index is 12.5. The molecule has 2 N–H and O–H groups in total. The molecular formula is C20H21N3O3. The Labute approximate surface area is 152 Å². The first-order valence-electron chi connectivity index (χ1n) is 8.19. The fourth-order valence-electron chi connectivity index (χ4n) is 2.75. The molecule has 6 heteroatoms. The van der Waals surface area contributed by atoms with Gasteiger partial charge in [-0.05, 0) is 43.7 Å². The summed E-state index contributed by atoms with van der Waals surface area (Å²) in [5, 5.41) is 10.1. The monoisotopic (exact) mass is 351 g/mol. The molecule has 0 saturated heterocycles. The predicted octanol–water partition coefficient (Wildman–Crippen LogP) is 3.96. The molecule has 0 radical (unpaired) electrons. The maximum Gasteiger partial charge on any atom is 0.256 e. The van der Waals surface area contributed by atoms with Crippen molar-refractivity contribution in [2.75, 3.05) is 19.5 Å². The van der Waals surface area contributed by atoms with Gasteiger partial charge in [0.1, 0.15) is 0 Å². The second-order valence-electron chi connectivity index (χ2n) is 5.96. The van der Waals surface area contributed by atoms with Crippen LogP contribution in [0.15, 0.2) is 42.5 Å². The summed E-state index contributed by atoms with van der Waals surface area (Å²) in [6, 6.07) is 13.0. The molecule has 0 aliphatic heterocycles. The van der Waals surface area contributed by atoms with Gasteiger partial charge in [-0.15, -0.1) is 0 Å². The molecule has 1 aromatic heterocycles. The number of benzene rings is 2. The molecule has 0 fully saturated rings. The maximum absolute atomic E-state index is 12.5. The van der Waals surface area contributed by atoms with Crippen LogP contribution >= 0.6 is 0 Å². The van der Waals surface area contributed by atoms with Crippen molar-refractivity contribution < 1.29 is 14.3 Å². The van der Waals surface area contributed by atoms with E-state index in [4.69, 9.17) is 9.47 Å². The van der Waals surface area contributed by atoms with Gasteiger partial charge in [0, 0.05) is 16.8 Å². The molecule has 0 spiro atoms. The van der Waals surface area contributed by atoms with E-state index in [-0.39, 0.29) is 5.91 Å². The summed E-state index contributed by atoms with van der Waals surface area (Å²) in [6.07, 6.45) is 0. The van der Waals surface area contributed by atoms with Gasteiger partial charge < -0.3 is 14.8 Å². The number of ether oxygens (including phenoxy) is 2. The second-order valence-corrected chi connectivity index (χ2v) is 5.96. The number of methoxy groups -OCH3 is 2. The van der Waals surface area contributed by atoms with Crippen molar-refractivity contribution in [3.63, 3.8) is 0 Å². The topological polar surface area (TPSA) is 76.2 Å². The summed E-state index contributed by atoms with van der Waals surface area (Å²) in [4.78, 5) is 12.5. The van der Waals surface area contributed by atoms with E-state index >= 15 is 0 Å². The molecule has 3 rings (SSSR count). The van der Waals surface area contributed by atoms with Crippen LogP contribution in [0.1, 0.15) is 21.6 Å². The molecule has 3 aromatic rings. The number of nitrogens with one attached hydrogen (secondary N) is 2. The van der Waals surface area contributed by atoms with Crippen LogP contribution in [0.4, 0.5) is 5.82 Å².